The third kappa shape index (κ3) is 3.90. The number of nitrogens with zero attached hydrogens (tertiary/aromatic N) is 2. The predicted molar refractivity (Wildman–Crippen MR) is 109 cm³/mol. The van der Waals surface area contributed by atoms with Gasteiger partial charge in [0, 0.05) is 19.2 Å². The molecule has 0 spiro atoms. The van der Waals surface area contributed by atoms with E-state index < -0.39 is 0 Å². The van der Waals surface area contributed by atoms with Crippen LogP contribution in [-0.2, 0) is 0 Å². The maximum absolute atomic E-state index is 6.13. The quantitative estimate of drug-likeness (QED) is 0.680. The maximum atomic E-state index is 6.13. The molecule has 0 saturated carbocycles. The molecule has 0 aliphatic carbocycles. The second-order valence-electron chi connectivity index (χ2n) is 7.02. The molecule has 140 valence electrons. The van der Waals surface area contributed by atoms with Crippen LogP contribution in [0.15, 0.2) is 48.5 Å². The third-order valence-corrected chi connectivity index (χ3v) is 4.64. The van der Waals surface area contributed by atoms with Gasteiger partial charge in [0.05, 0.1) is 18.0 Å². The summed E-state index contributed by atoms with van der Waals surface area (Å²) in [6.07, 6.45) is 0.189. The molecule has 0 N–H and O–H groups in total. The molecule has 4 nitrogen and oxygen atoms in total. The largest absolute Gasteiger partial charge is 0.494 e. The molecule has 0 bridgehead atoms. The number of para-hydroxylation sites is 1. The van der Waals surface area contributed by atoms with E-state index in [1.165, 1.54) is 11.4 Å². The fourth-order valence-corrected chi connectivity index (χ4v) is 3.58. The monoisotopic (exact) mass is 354 g/mol. The van der Waals surface area contributed by atoms with Crippen LogP contribution in [0.3, 0.4) is 0 Å². The molecule has 1 aliphatic heterocycles. The lowest BCUT2D eigenvalue weighted by Crippen LogP contribution is -2.48. The molecule has 0 aromatic heterocycles. The minimum Gasteiger partial charge on any atom is -0.494 e. The molecule has 0 radical (unpaired) electrons. The molecule has 2 aromatic carbocycles. The van der Waals surface area contributed by atoms with Gasteiger partial charge in [-0.3, -0.25) is 0 Å². The highest BCUT2D eigenvalue weighted by Crippen LogP contribution is 2.42. The van der Waals surface area contributed by atoms with Gasteiger partial charge >= 0.3 is 0 Å². The second-order valence-corrected chi connectivity index (χ2v) is 7.02. The van der Waals surface area contributed by atoms with Crippen LogP contribution in [0.25, 0.3) is 0 Å². The van der Waals surface area contributed by atoms with Crippen molar-refractivity contribution in [3.8, 4) is 11.5 Å². The highest BCUT2D eigenvalue weighted by molar-refractivity contribution is 5.79. The number of anilines is 2. The molecule has 2 aromatic rings. The summed E-state index contributed by atoms with van der Waals surface area (Å²) in [5, 5.41) is 0. The van der Waals surface area contributed by atoms with E-state index in [0.717, 1.165) is 24.6 Å². The van der Waals surface area contributed by atoms with Crippen LogP contribution in [0.4, 0.5) is 11.4 Å². The van der Waals surface area contributed by atoms with Crippen molar-refractivity contribution in [3.63, 3.8) is 0 Å². The number of hydrogen-bond acceptors (Lipinski definition) is 4. The lowest BCUT2D eigenvalue weighted by molar-refractivity contribution is 0.278. The van der Waals surface area contributed by atoms with Crippen LogP contribution in [0.1, 0.15) is 27.7 Å². The summed E-state index contributed by atoms with van der Waals surface area (Å²) < 4.78 is 11.9. The third-order valence-electron chi connectivity index (χ3n) is 4.64. The Morgan fingerprint density at radius 2 is 1.65 bits per heavy atom. The Balaban J connectivity index is 1.88. The number of likely N-dealkylation sites (N-methyl/N-ethyl adjacent to an activating group) is 1. The fourth-order valence-electron chi connectivity index (χ4n) is 3.58. The van der Waals surface area contributed by atoms with Gasteiger partial charge in [-0.05, 0) is 44.0 Å². The van der Waals surface area contributed by atoms with E-state index >= 15 is 0 Å². The molecule has 0 fully saturated rings. The maximum Gasteiger partial charge on any atom is 0.137 e. The van der Waals surface area contributed by atoms with Crippen LogP contribution in [0.5, 0.6) is 11.5 Å². The Kier molecular flexibility index (Phi) is 5.92. The van der Waals surface area contributed by atoms with Gasteiger partial charge in [-0.2, -0.15) is 0 Å². The first-order chi connectivity index (χ1) is 12.6. The summed E-state index contributed by atoms with van der Waals surface area (Å²) in [5.41, 5.74) is 2.51. The van der Waals surface area contributed by atoms with E-state index in [1.807, 2.05) is 37.3 Å². The Labute approximate surface area is 157 Å². The van der Waals surface area contributed by atoms with Crippen LogP contribution in [-0.4, -0.2) is 32.5 Å². The Morgan fingerprint density at radius 3 is 2.31 bits per heavy atom. The van der Waals surface area contributed by atoms with Crippen molar-refractivity contribution >= 4 is 11.4 Å². The van der Waals surface area contributed by atoms with Gasteiger partial charge in [0.25, 0.3) is 0 Å². The van der Waals surface area contributed by atoms with Gasteiger partial charge in [-0.1, -0.05) is 32.0 Å². The minimum atomic E-state index is 0.189. The van der Waals surface area contributed by atoms with Crippen LogP contribution >= 0.6 is 0 Å². The molecule has 3 rings (SSSR count). The molecule has 26 heavy (non-hydrogen) atoms. The Hall–Kier alpha value is -2.36. The molecule has 4 heteroatoms. The van der Waals surface area contributed by atoms with Crippen molar-refractivity contribution in [3.05, 3.63) is 48.5 Å². The Bertz CT molecular complexity index is 703. The predicted octanol–water partition coefficient (Wildman–Crippen LogP) is 4.79. The molecule has 1 heterocycles. The summed E-state index contributed by atoms with van der Waals surface area (Å²) in [4.78, 5) is 4.89. The summed E-state index contributed by atoms with van der Waals surface area (Å²) >= 11 is 0. The lowest BCUT2D eigenvalue weighted by Gasteiger charge is -2.33. The molecular weight excluding hydrogens is 324 g/mol. The first kappa shape index (κ1) is 18.4. The lowest BCUT2D eigenvalue weighted by atomic mass is 10.2. The van der Waals surface area contributed by atoms with Crippen LogP contribution in [0, 0.1) is 5.92 Å². The molecule has 0 saturated heterocycles. The fraction of sp³-hybridized carbons (Fsp3) is 0.455. The smallest absolute Gasteiger partial charge is 0.137 e. The highest BCUT2D eigenvalue weighted by atomic mass is 16.5. The summed E-state index contributed by atoms with van der Waals surface area (Å²) in [6.45, 7) is 12.0. The Morgan fingerprint density at radius 1 is 0.885 bits per heavy atom. The van der Waals surface area contributed by atoms with E-state index in [4.69, 9.17) is 9.47 Å². The van der Waals surface area contributed by atoms with Crippen LogP contribution in [0.2, 0.25) is 0 Å². The molecule has 1 unspecified atom stereocenters. The minimum absolute atomic E-state index is 0.189. The average Bonchev–Trinajstić information content (AvgIpc) is 2.93. The SMILES string of the molecule is CCOc1ccc2c(c1)N(CC(C)C)C(COc1ccccc1)N2CC. The van der Waals surface area contributed by atoms with Gasteiger partial charge in [0.15, 0.2) is 0 Å². The van der Waals surface area contributed by atoms with Crippen molar-refractivity contribution in [1.29, 1.82) is 0 Å². The molecule has 1 aliphatic rings. The van der Waals surface area contributed by atoms with Gasteiger partial charge < -0.3 is 19.3 Å². The van der Waals surface area contributed by atoms with Crippen molar-refractivity contribution in [2.45, 2.75) is 33.9 Å². The number of rotatable bonds is 8. The number of hydrogen-bond donors (Lipinski definition) is 0. The number of benzene rings is 2. The van der Waals surface area contributed by atoms with Gasteiger partial charge in [-0.25, -0.2) is 0 Å². The zero-order valence-electron chi connectivity index (χ0n) is 16.3. The number of fused-ring (bicyclic) bond motifs is 1. The van der Waals surface area contributed by atoms with E-state index in [1.54, 1.807) is 0 Å². The van der Waals surface area contributed by atoms with Crippen molar-refractivity contribution in [2.24, 2.45) is 5.92 Å². The van der Waals surface area contributed by atoms with Crippen molar-refractivity contribution in [1.82, 2.24) is 0 Å². The zero-order chi connectivity index (χ0) is 18.5. The van der Waals surface area contributed by atoms with E-state index in [0.29, 0.717) is 19.1 Å². The first-order valence-corrected chi connectivity index (χ1v) is 9.62. The van der Waals surface area contributed by atoms with Crippen LogP contribution < -0.4 is 19.3 Å². The molecule has 0 amide bonds. The number of ether oxygens (including phenoxy) is 2. The van der Waals surface area contributed by atoms with E-state index in [2.05, 4.69) is 48.8 Å². The summed E-state index contributed by atoms with van der Waals surface area (Å²) in [6, 6.07) is 16.5. The molecular formula is C22H30N2O2. The molecule has 1 atom stereocenters. The first-order valence-electron chi connectivity index (χ1n) is 9.62. The average molecular weight is 354 g/mol. The normalized spacial score (nSPS) is 16.1. The van der Waals surface area contributed by atoms with E-state index in [-0.39, 0.29) is 6.17 Å². The van der Waals surface area contributed by atoms with Crippen molar-refractivity contribution < 1.29 is 9.47 Å². The van der Waals surface area contributed by atoms with Gasteiger partial charge in [0.1, 0.15) is 24.3 Å². The highest BCUT2D eigenvalue weighted by Gasteiger charge is 2.36. The summed E-state index contributed by atoms with van der Waals surface area (Å²) in [5.74, 6) is 2.41. The second kappa shape index (κ2) is 8.35. The topological polar surface area (TPSA) is 24.9 Å². The van der Waals surface area contributed by atoms with E-state index in [9.17, 15) is 0 Å². The van der Waals surface area contributed by atoms with Crippen molar-refractivity contribution in [2.75, 3.05) is 36.1 Å². The summed E-state index contributed by atoms with van der Waals surface area (Å²) in [7, 11) is 0. The zero-order valence-corrected chi connectivity index (χ0v) is 16.3. The van der Waals surface area contributed by atoms with Gasteiger partial charge in [-0.15, -0.1) is 0 Å². The van der Waals surface area contributed by atoms with Gasteiger partial charge in [0.2, 0.25) is 0 Å². The standard InChI is InChI=1S/C22H30N2O2/c1-5-23-20-13-12-19(25-6-2)14-21(20)24(15-17(3)4)22(23)16-26-18-10-8-7-9-11-18/h7-14,17,22H,5-6,15-16H2,1-4H3.